The molecule has 9 nitrogen and oxygen atoms in total. The van der Waals surface area contributed by atoms with Crippen LogP contribution >= 0.6 is 12.4 Å². The predicted octanol–water partition coefficient (Wildman–Crippen LogP) is 5.85. The van der Waals surface area contributed by atoms with Crippen LogP contribution < -0.4 is 25.8 Å². The van der Waals surface area contributed by atoms with Gasteiger partial charge in [0.15, 0.2) is 0 Å². The maximum Gasteiger partial charge on any atom is 0.328 e. The standard InChI is InChI=1S/C37H41N3O6.ClH/c1-44-37(43)32-16-7-9-21-45-27-23-26-12-3-4-13-28(26)30(24-27)35-29-14-5-2-11-25(29)18-19-33(35)46-22-10-17-34(41)39-31(36(42)40-32)15-6-8-20-38;/h2-5,7,9,11-14,18-19,23-24,31-32H,6,8,10,15-17,20-22,38H2,1H3,(H,39,41)(H,40,42);1H/b9-7+;/t31-,32+;/m1./s1. The molecule has 5 rings (SSSR count). The Balaban J connectivity index is 0.00000500. The van der Waals surface area contributed by atoms with Crippen LogP contribution in [0, 0.1) is 0 Å². The molecule has 1 aliphatic rings. The van der Waals surface area contributed by atoms with Gasteiger partial charge in [0, 0.05) is 12.0 Å². The highest BCUT2D eigenvalue weighted by molar-refractivity contribution is 6.08. The van der Waals surface area contributed by atoms with Crippen LogP contribution in [0.25, 0.3) is 32.7 Å². The Morgan fingerprint density at radius 2 is 1.68 bits per heavy atom. The number of rotatable bonds is 5. The first-order chi connectivity index (χ1) is 22.5. The lowest BCUT2D eigenvalue weighted by Crippen LogP contribution is -2.51. The average Bonchev–Trinajstić information content (AvgIpc) is 3.07. The highest BCUT2D eigenvalue weighted by Crippen LogP contribution is 2.42. The first kappa shape index (κ1) is 35.3. The van der Waals surface area contributed by atoms with Crippen LogP contribution in [0.1, 0.15) is 38.5 Å². The van der Waals surface area contributed by atoms with Gasteiger partial charge in [0.05, 0.1) is 13.7 Å². The molecule has 2 amide bonds. The summed E-state index contributed by atoms with van der Waals surface area (Å²) in [5.74, 6) is 0.107. The third-order valence-corrected chi connectivity index (χ3v) is 8.09. The van der Waals surface area contributed by atoms with E-state index in [1.54, 1.807) is 6.08 Å². The van der Waals surface area contributed by atoms with Crippen LogP contribution in [0.3, 0.4) is 0 Å². The van der Waals surface area contributed by atoms with E-state index in [4.69, 9.17) is 19.9 Å². The third kappa shape index (κ3) is 9.02. The SMILES string of the molecule is COC(=O)[C@@H]1C/C=C/COc2cc(c3ccccc3c2)-c2c(ccc3ccccc23)OCCCC(=O)N[C@H](CCCCN)C(=O)N1.Cl. The molecule has 1 heterocycles. The van der Waals surface area contributed by atoms with E-state index in [0.29, 0.717) is 50.3 Å². The van der Waals surface area contributed by atoms with Crippen molar-refractivity contribution in [1.29, 1.82) is 0 Å². The van der Waals surface area contributed by atoms with Gasteiger partial charge < -0.3 is 30.6 Å². The van der Waals surface area contributed by atoms with Gasteiger partial charge in [-0.25, -0.2) is 4.79 Å². The number of carbonyl (C=O) groups is 3. The van der Waals surface area contributed by atoms with Crippen molar-refractivity contribution in [3.05, 3.63) is 84.9 Å². The van der Waals surface area contributed by atoms with Gasteiger partial charge >= 0.3 is 5.97 Å². The van der Waals surface area contributed by atoms with E-state index in [2.05, 4.69) is 34.9 Å². The zero-order valence-electron chi connectivity index (χ0n) is 26.5. The summed E-state index contributed by atoms with van der Waals surface area (Å²) in [5, 5.41) is 9.82. The summed E-state index contributed by atoms with van der Waals surface area (Å²) in [7, 11) is 1.28. The summed E-state index contributed by atoms with van der Waals surface area (Å²) >= 11 is 0. The Kier molecular flexibility index (Phi) is 13.0. The Morgan fingerprint density at radius 3 is 2.47 bits per heavy atom. The Hall–Kier alpha value is -4.60. The summed E-state index contributed by atoms with van der Waals surface area (Å²) in [6, 6.07) is 22.7. The van der Waals surface area contributed by atoms with Crippen molar-refractivity contribution >= 4 is 51.7 Å². The second kappa shape index (κ2) is 17.4. The Morgan fingerprint density at radius 1 is 0.915 bits per heavy atom. The molecule has 0 spiro atoms. The van der Waals surface area contributed by atoms with Gasteiger partial charge in [0.25, 0.3) is 0 Å². The molecule has 4 aromatic rings. The molecule has 0 aromatic heterocycles. The number of nitrogens with one attached hydrogen (secondary N) is 2. The molecule has 0 aliphatic carbocycles. The normalized spacial score (nSPS) is 18.3. The van der Waals surface area contributed by atoms with E-state index in [-0.39, 0.29) is 37.8 Å². The van der Waals surface area contributed by atoms with E-state index in [1.165, 1.54) is 7.11 Å². The number of hydrogen-bond donors (Lipinski definition) is 3. The fourth-order valence-corrected chi connectivity index (χ4v) is 5.74. The average molecular weight is 660 g/mol. The summed E-state index contributed by atoms with van der Waals surface area (Å²) < 4.78 is 17.5. The van der Waals surface area contributed by atoms with Crippen LogP contribution in [-0.2, 0) is 19.1 Å². The highest BCUT2D eigenvalue weighted by Gasteiger charge is 2.26. The van der Waals surface area contributed by atoms with Crippen molar-refractivity contribution in [1.82, 2.24) is 10.6 Å². The number of hydrogen-bond acceptors (Lipinski definition) is 7. The first-order valence-electron chi connectivity index (χ1n) is 15.8. The molecule has 10 heteroatoms. The molecule has 4 N–H and O–H groups in total. The first-order valence-corrected chi connectivity index (χ1v) is 15.8. The molecule has 0 unspecified atom stereocenters. The molecule has 2 bridgehead atoms. The van der Waals surface area contributed by atoms with Crippen molar-refractivity contribution in [3.8, 4) is 22.6 Å². The van der Waals surface area contributed by atoms with Crippen molar-refractivity contribution in [2.24, 2.45) is 5.73 Å². The Bertz CT molecular complexity index is 1730. The van der Waals surface area contributed by atoms with Crippen molar-refractivity contribution < 1.29 is 28.6 Å². The van der Waals surface area contributed by atoms with Crippen LogP contribution in [0.2, 0.25) is 0 Å². The lowest BCUT2D eigenvalue weighted by Gasteiger charge is -2.22. The van der Waals surface area contributed by atoms with E-state index < -0.39 is 24.0 Å². The van der Waals surface area contributed by atoms with Gasteiger partial charge in [-0.05, 0) is 84.0 Å². The van der Waals surface area contributed by atoms with Gasteiger partial charge in [0.1, 0.15) is 30.2 Å². The topological polar surface area (TPSA) is 129 Å². The minimum absolute atomic E-state index is 0. The van der Waals surface area contributed by atoms with E-state index in [1.807, 2.05) is 54.6 Å². The second-order valence-corrected chi connectivity index (χ2v) is 11.3. The summed E-state index contributed by atoms with van der Waals surface area (Å²) in [6.45, 7) is 1.02. The quantitative estimate of drug-likeness (QED) is 0.139. The largest absolute Gasteiger partial charge is 0.493 e. The number of nitrogens with two attached hydrogens (primary N) is 1. The van der Waals surface area contributed by atoms with E-state index >= 15 is 0 Å². The second-order valence-electron chi connectivity index (χ2n) is 11.3. The Labute approximate surface area is 281 Å². The zero-order valence-corrected chi connectivity index (χ0v) is 27.4. The summed E-state index contributed by atoms with van der Waals surface area (Å²) in [4.78, 5) is 38.8. The maximum atomic E-state index is 13.3. The van der Waals surface area contributed by atoms with Gasteiger partial charge in [-0.15, -0.1) is 12.4 Å². The molecule has 2 atom stereocenters. The monoisotopic (exact) mass is 659 g/mol. The number of esters is 1. The van der Waals surface area contributed by atoms with E-state index in [9.17, 15) is 14.4 Å². The van der Waals surface area contributed by atoms with Crippen LogP contribution in [0.15, 0.2) is 84.9 Å². The predicted molar refractivity (Wildman–Crippen MR) is 187 cm³/mol. The number of amides is 2. The molecule has 0 saturated carbocycles. The van der Waals surface area contributed by atoms with Crippen LogP contribution in [0.4, 0.5) is 0 Å². The number of methoxy groups -OCH3 is 1. The van der Waals surface area contributed by atoms with Gasteiger partial charge in [-0.1, -0.05) is 66.7 Å². The van der Waals surface area contributed by atoms with Crippen molar-refractivity contribution in [2.45, 2.75) is 50.6 Å². The van der Waals surface area contributed by atoms with Gasteiger partial charge in [0.2, 0.25) is 11.8 Å². The molecular weight excluding hydrogens is 618 g/mol. The van der Waals surface area contributed by atoms with Gasteiger partial charge in [-0.2, -0.15) is 0 Å². The van der Waals surface area contributed by atoms with Crippen molar-refractivity contribution in [3.63, 3.8) is 0 Å². The smallest absolute Gasteiger partial charge is 0.328 e. The zero-order chi connectivity index (χ0) is 32.3. The lowest BCUT2D eigenvalue weighted by molar-refractivity contribution is -0.145. The number of carbonyl (C=O) groups excluding carboxylic acids is 3. The fraction of sp³-hybridized carbons (Fsp3) is 0.324. The molecule has 1 aliphatic heterocycles. The van der Waals surface area contributed by atoms with Crippen molar-refractivity contribution in [2.75, 3.05) is 26.9 Å². The summed E-state index contributed by atoms with van der Waals surface area (Å²) in [6.07, 6.45) is 6.15. The minimum atomic E-state index is -0.918. The maximum absolute atomic E-state index is 13.3. The number of benzene rings is 4. The highest BCUT2D eigenvalue weighted by atomic mass is 35.5. The number of halogens is 1. The lowest BCUT2D eigenvalue weighted by atomic mass is 9.93. The molecule has 47 heavy (non-hydrogen) atoms. The number of fused-ring (bicyclic) bond motifs is 8. The molecular formula is C37H42ClN3O6. The van der Waals surface area contributed by atoms with Crippen LogP contribution in [-0.4, -0.2) is 56.7 Å². The molecule has 0 fully saturated rings. The molecule has 4 aromatic carbocycles. The molecule has 0 saturated heterocycles. The molecule has 0 radical (unpaired) electrons. The fourth-order valence-electron chi connectivity index (χ4n) is 5.74. The number of ether oxygens (including phenoxy) is 3. The third-order valence-electron chi connectivity index (χ3n) is 8.09. The molecule has 248 valence electrons. The summed E-state index contributed by atoms with van der Waals surface area (Å²) in [5.41, 5.74) is 7.59. The number of unbranched alkanes of at least 4 members (excludes halogenated alkanes) is 1. The van der Waals surface area contributed by atoms with Gasteiger partial charge in [-0.3, -0.25) is 9.59 Å². The minimum Gasteiger partial charge on any atom is -0.493 e. The van der Waals surface area contributed by atoms with E-state index in [0.717, 1.165) is 32.7 Å². The van der Waals surface area contributed by atoms with Crippen LogP contribution in [0.5, 0.6) is 11.5 Å².